The highest BCUT2D eigenvalue weighted by atomic mass is 16.5. The number of carbonyl (C=O) groups excluding carboxylic acids is 1. The van der Waals surface area contributed by atoms with Crippen LogP contribution < -0.4 is 14.8 Å². The van der Waals surface area contributed by atoms with Crippen LogP contribution in [0.1, 0.15) is 41.6 Å². The molecular weight excluding hydrogens is 444 g/mol. The van der Waals surface area contributed by atoms with Crippen LogP contribution in [0.3, 0.4) is 0 Å². The molecule has 9 nitrogen and oxygen atoms in total. The van der Waals surface area contributed by atoms with E-state index in [1.807, 2.05) is 63.2 Å². The molecule has 0 aliphatic carbocycles. The lowest BCUT2D eigenvalue weighted by Crippen LogP contribution is -2.25. The molecule has 1 N–H and O–H groups in total. The van der Waals surface area contributed by atoms with Crippen molar-refractivity contribution in [2.75, 3.05) is 19.0 Å². The van der Waals surface area contributed by atoms with E-state index in [0.717, 1.165) is 27.9 Å². The standard InChI is InChI=1S/C26H26N6O3/c1-5-35-24-18(7-6-8-21(24)34-4)19-13-22(33)29-25-23(19)16(3)31-32(25)26-28-20(14-27-30-26)17-11-9-15(2)10-12-17/h6-12,14,19H,5,13H2,1-4H3,(H,29,33)/t19-/m0/s1. The number of hydrogen-bond donors (Lipinski definition) is 1. The molecule has 0 fully saturated rings. The summed E-state index contributed by atoms with van der Waals surface area (Å²) in [7, 11) is 1.61. The van der Waals surface area contributed by atoms with E-state index in [9.17, 15) is 4.79 Å². The molecule has 1 aliphatic heterocycles. The van der Waals surface area contributed by atoms with Crippen LogP contribution in [0.2, 0.25) is 0 Å². The quantitative estimate of drug-likeness (QED) is 0.450. The Bertz CT molecular complexity index is 1400. The number of hydrogen-bond acceptors (Lipinski definition) is 7. The van der Waals surface area contributed by atoms with Gasteiger partial charge in [-0.05, 0) is 26.8 Å². The summed E-state index contributed by atoms with van der Waals surface area (Å²) in [5.74, 6) is 1.68. The Hall–Kier alpha value is -4.27. The molecule has 1 aliphatic rings. The largest absolute Gasteiger partial charge is 0.493 e. The van der Waals surface area contributed by atoms with Crippen LogP contribution in [-0.4, -0.2) is 44.6 Å². The van der Waals surface area contributed by atoms with E-state index in [1.54, 1.807) is 18.0 Å². The molecule has 0 saturated carbocycles. The van der Waals surface area contributed by atoms with Gasteiger partial charge in [0.1, 0.15) is 5.82 Å². The molecule has 0 bridgehead atoms. The topological polar surface area (TPSA) is 104 Å². The fourth-order valence-corrected chi connectivity index (χ4v) is 4.47. The average Bonchev–Trinajstić information content (AvgIpc) is 3.20. The van der Waals surface area contributed by atoms with Gasteiger partial charge in [-0.2, -0.15) is 14.9 Å². The lowest BCUT2D eigenvalue weighted by molar-refractivity contribution is -0.116. The van der Waals surface area contributed by atoms with Crippen molar-refractivity contribution in [3.8, 4) is 28.7 Å². The number of aromatic nitrogens is 5. The summed E-state index contributed by atoms with van der Waals surface area (Å²) in [6, 6.07) is 13.7. The first-order valence-corrected chi connectivity index (χ1v) is 11.5. The Kier molecular flexibility index (Phi) is 5.90. The van der Waals surface area contributed by atoms with E-state index < -0.39 is 0 Å². The molecule has 5 rings (SSSR count). The number of rotatable bonds is 6. The van der Waals surface area contributed by atoms with Gasteiger partial charge in [-0.3, -0.25) is 4.79 Å². The maximum absolute atomic E-state index is 12.9. The van der Waals surface area contributed by atoms with Gasteiger partial charge in [-0.25, -0.2) is 4.98 Å². The van der Waals surface area contributed by atoms with Gasteiger partial charge in [-0.1, -0.05) is 42.0 Å². The number of aryl methyl sites for hydroxylation is 2. The molecule has 1 atom stereocenters. The van der Waals surface area contributed by atoms with Gasteiger partial charge in [-0.15, -0.1) is 5.10 Å². The molecular formula is C26H26N6O3. The Morgan fingerprint density at radius 2 is 1.94 bits per heavy atom. The summed E-state index contributed by atoms with van der Waals surface area (Å²) in [4.78, 5) is 17.6. The minimum atomic E-state index is -0.266. The molecule has 0 saturated heterocycles. The smallest absolute Gasteiger partial charge is 0.272 e. The fraction of sp³-hybridized carbons (Fsp3) is 0.269. The first kappa shape index (κ1) is 22.5. The molecule has 2 aromatic carbocycles. The molecule has 35 heavy (non-hydrogen) atoms. The zero-order chi connectivity index (χ0) is 24.5. The third kappa shape index (κ3) is 4.09. The maximum Gasteiger partial charge on any atom is 0.272 e. The van der Waals surface area contributed by atoms with Crippen LogP contribution in [-0.2, 0) is 4.79 Å². The number of para-hydroxylation sites is 1. The average molecular weight is 471 g/mol. The first-order chi connectivity index (χ1) is 17.0. The number of anilines is 1. The molecule has 0 spiro atoms. The molecule has 0 unspecified atom stereocenters. The van der Waals surface area contributed by atoms with E-state index >= 15 is 0 Å². The predicted octanol–water partition coefficient (Wildman–Crippen LogP) is 4.22. The van der Waals surface area contributed by atoms with Crippen molar-refractivity contribution in [3.05, 3.63) is 71.0 Å². The summed E-state index contributed by atoms with van der Waals surface area (Å²) in [5, 5.41) is 16.0. The third-order valence-electron chi connectivity index (χ3n) is 6.08. The second kappa shape index (κ2) is 9.17. The molecule has 3 heterocycles. The number of nitrogens with one attached hydrogen (secondary N) is 1. The third-order valence-corrected chi connectivity index (χ3v) is 6.08. The molecule has 178 valence electrons. The fourth-order valence-electron chi connectivity index (χ4n) is 4.47. The van der Waals surface area contributed by atoms with Crippen LogP contribution >= 0.6 is 0 Å². The monoisotopic (exact) mass is 470 g/mol. The first-order valence-electron chi connectivity index (χ1n) is 11.5. The number of amides is 1. The van der Waals surface area contributed by atoms with Crippen molar-refractivity contribution in [2.24, 2.45) is 0 Å². The number of carbonyl (C=O) groups is 1. The number of benzene rings is 2. The summed E-state index contributed by atoms with van der Waals surface area (Å²) < 4.78 is 13.0. The zero-order valence-electron chi connectivity index (χ0n) is 20.1. The van der Waals surface area contributed by atoms with Crippen LogP contribution in [0.4, 0.5) is 5.82 Å². The van der Waals surface area contributed by atoms with Crippen molar-refractivity contribution >= 4 is 11.7 Å². The number of methoxy groups -OCH3 is 1. The van der Waals surface area contributed by atoms with Crippen molar-refractivity contribution < 1.29 is 14.3 Å². The van der Waals surface area contributed by atoms with Crippen molar-refractivity contribution in [2.45, 2.75) is 33.1 Å². The molecule has 9 heteroatoms. The van der Waals surface area contributed by atoms with E-state index in [4.69, 9.17) is 19.6 Å². The van der Waals surface area contributed by atoms with Gasteiger partial charge in [0.05, 0.1) is 31.3 Å². The normalized spacial score (nSPS) is 14.9. The lowest BCUT2D eigenvalue weighted by Gasteiger charge is -2.26. The van der Waals surface area contributed by atoms with Crippen LogP contribution in [0.25, 0.3) is 17.2 Å². The van der Waals surface area contributed by atoms with E-state index in [2.05, 4.69) is 15.5 Å². The summed E-state index contributed by atoms with van der Waals surface area (Å²) in [6.07, 6.45) is 1.87. The second-order valence-electron chi connectivity index (χ2n) is 8.38. The SMILES string of the molecule is CCOc1c(OC)cccc1[C@@H]1CC(=O)Nc2c1c(C)nn2-c1nncc(-c2ccc(C)cc2)n1. The van der Waals surface area contributed by atoms with E-state index in [0.29, 0.717) is 29.6 Å². The van der Waals surface area contributed by atoms with Gasteiger partial charge in [0.25, 0.3) is 5.95 Å². The number of nitrogens with zero attached hydrogens (tertiary/aromatic N) is 5. The highest BCUT2D eigenvalue weighted by Gasteiger charge is 2.35. The summed E-state index contributed by atoms with van der Waals surface area (Å²) >= 11 is 0. The van der Waals surface area contributed by atoms with Gasteiger partial charge in [0, 0.05) is 29.0 Å². The summed E-state index contributed by atoms with van der Waals surface area (Å²) in [5.41, 5.74) is 5.27. The van der Waals surface area contributed by atoms with Gasteiger partial charge < -0.3 is 14.8 Å². The second-order valence-corrected chi connectivity index (χ2v) is 8.38. The van der Waals surface area contributed by atoms with E-state index in [-0.39, 0.29) is 24.2 Å². The van der Waals surface area contributed by atoms with E-state index in [1.165, 1.54) is 0 Å². The van der Waals surface area contributed by atoms with Gasteiger partial charge in [0.15, 0.2) is 11.5 Å². The van der Waals surface area contributed by atoms with Crippen molar-refractivity contribution in [1.29, 1.82) is 0 Å². The highest BCUT2D eigenvalue weighted by molar-refractivity contribution is 5.95. The Balaban J connectivity index is 1.63. The lowest BCUT2D eigenvalue weighted by atomic mass is 9.85. The minimum absolute atomic E-state index is 0.128. The minimum Gasteiger partial charge on any atom is -0.493 e. The zero-order valence-corrected chi connectivity index (χ0v) is 20.1. The number of ether oxygens (including phenoxy) is 2. The van der Waals surface area contributed by atoms with Crippen LogP contribution in [0.15, 0.2) is 48.7 Å². The van der Waals surface area contributed by atoms with Crippen molar-refractivity contribution in [3.63, 3.8) is 0 Å². The predicted molar refractivity (Wildman–Crippen MR) is 131 cm³/mol. The van der Waals surface area contributed by atoms with Crippen LogP contribution in [0, 0.1) is 13.8 Å². The summed E-state index contributed by atoms with van der Waals surface area (Å²) in [6.45, 7) is 6.34. The Labute approximate surface area is 203 Å². The molecule has 4 aromatic rings. The molecule has 1 amide bonds. The molecule has 2 aromatic heterocycles. The Morgan fingerprint density at radius 3 is 2.69 bits per heavy atom. The van der Waals surface area contributed by atoms with Gasteiger partial charge >= 0.3 is 0 Å². The van der Waals surface area contributed by atoms with Gasteiger partial charge in [0.2, 0.25) is 5.91 Å². The molecule has 0 radical (unpaired) electrons. The van der Waals surface area contributed by atoms with Crippen molar-refractivity contribution in [1.82, 2.24) is 25.0 Å². The maximum atomic E-state index is 12.9. The highest BCUT2D eigenvalue weighted by Crippen LogP contribution is 2.45. The number of fused-ring (bicyclic) bond motifs is 1. The van der Waals surface area contributed by atoms with Crippen LogP contribution in [0.5, 0.6) is 11.5 Å². The Morgan fingerprint density at radius 1 is 1.14 bits per heavy atom.